The number of benzene rings is 4. The quantitative estimate of drug-likeness (QED) is 0.127. The van der Waals surface area contributed by atoms with Crippen molar-refractivity contribution >= 4 is 57.3 Å². The monoisotopic (exact) mass is 492 g/mol. The molecule has 0 atom stereocenters. The summed E-state index contributed by atoms with van der Waals surface area (Å²) in [4.78, 5) is 2.82. The summed E-state index contributed by atoms with van der Waals surface area (Å²) in [7, 11) is 0.819. The van der Waals surface area contributed by atoms with Gasteiger partial charge in [0.25, 0.3) is 0 Å². The number of nitrogens with zero attached hydrogens (tertiary/aromatic N) is 1. The molecule has 0 unspecified atom stereocenters. The van der Waals surface area contributed by atoms with Gasteiger partial charge in [-0.2, -0.15) is 0 Å². The van der Waals surface area contributed by atoms with Crippen LogP contribution in [-0.2, 0) is 12.5 Å². The highest BCUT2D eigenvalue weighted by Gasteiger charge is 2.35. The molecule has 4 aromatic carbocycles. The molecule has 0 saturated carbocycles. The molecule has 1 nitrogen and oxygen atoms in total. The highest BCUT2D eigenvalue weighted by molar-refractivity contribution is 8.00. The van der Waals surface area contributed by atoms with Crippen LogP contribution in [0.3, 0.4) is 0 Å². The lowest BCUT2D eigenvalue weighted by molar-refractivity contribution is -0.659. The largest absolute Gasteiger partial charge is 0.222 e. The van der Waals surface area contributed by atoms with Gasteiger partial charge in [0.2, 0.25) is 5.69 Å². The van der Waals surface area contributed by atoms with Crippen LogP contribution in [0.4, 0.5) is 0 Å². The molecule has 0 amide bonds. The Balaban J connectivity index is 1.81. The van der Waals surface area contributed by atoms with Crippen molar-refractivity contribution in [1.29, 1.82) is 0 Å². The summed E-state index contributed by atoms with van der Waals surface area (Å²) in [6.07, 6.45) is 2.26. The molecule has 0 N–H and O–H groups in total. The Morgan fingerprint density at radius 1 is 0.829 bits per heavy atom. The second kappa shape index (κ2) is 7.44. The minimum absolute atomic E-state index is 0.0379. The summed E-state index contributed by atoms with van der Waals surface area (Å²) in [6, 6.07) is 21.0. The number of rotatable bonds is 1. The summed E-state index contributed by atoms with van der Waals surface area (Å²) in [6.45, 7) is 16.7. The van der Waals surface area contributed by atoms with Crippen LogP contribution in [0, 0.1) is 6.92 Å². The molecule has 0 radical (unpaired) electrons. The second-order valence-corrected chi connectivity index (χ2v) is 18.4. The molecule has 3 heteroatoms. The van der Waals surface area contributed by atoms with E-state index in [1.807, 2.05) is 11.8 Å². The summed E-state index contributed by atoms with van der Waals surface area (Å²) < 4.78 is 2.35. The van der Waals surface area contributed by atoms with Crippen LogP contribution in [0.15, 0.2) is 70.6 Å². The number of hydrogen-bond donors (Lipinski definition) is 0. The van der Waals surface area contributed by atoms with Gasteiger partial charge in [-0.15, -0.1) is 0 Å². The number of fused-ring (bicyclic) bond motifs is 5. The van der Waals surface area contributed by atoms with Gasteiger partial charge in [0.1, 0.15) is 7.05 Å². The SMILES string of the molecule is Cc1c2c(c(C(C)(C)C)c3ccccc13)Sc1cc3cc([Si](C)(C)C)ccc3c3cc[n+](C)c-2c13. The maximum absolute atomic E-state index is 2.47. The normalized spacial score (nSPS) is 13.6. The number of hydrogen-bond acceptors (Lipinski definition) is 1. The molecule has 0 spiro atoms. The first-order valence-corrected chi connectivity index (χ1v) is 16.9. The van der Waals surface area contributed by atoms with Gasteiger partial charge in [0.15, 0.2) is 6.20 Å². The zero-order valence-corrected chi connectivity index (χ0v) is 23.9. The first-order valence-electron chi connectivity index (χ1n) is 12.6. The van der Waals surface area contributed by atoms with Gasteiger partial charge < -0.3 is 0 Å². The highest BCUT2D eigenvalue weighted by atomic mass is 32.2. The minimum atomic E-state index is -1.39. The summed E-state index contributed by atoms with van der Waals surface area (Å²) in [5.41, 5.74) is 5.67. The molecule has 5 aromatic rings. The third-order valence-electron chi connectivity index (χ3n) is 7.69. The van der Waals surface area contributed by atoms with Crippen LogP contribution in [0.5, 0.6) is 0 Å². The van der Waals surface area contributed by atoms with Crippen molar-refractivity contribution in [2.24, 2.45) is 7.05 Å². The maximum atomic E-state index is 2.47. The molecule has 0 bridgehead atoms. The van der Waals surface area contributed by atoms with Crippen LogP contribution in [0.1, 0.15) is 31.9 Å². The van der Waals surface area contributed by atoms with E-state index in [9.17, 15) is 0 Å². The smallest absolute Gasteiger partial charge is 0.200 e. The molecule has 35 heavy (non-hydrogen) atoms. The van der Waals surface area contributed by atoms with Crippen LogP contribution in [0.25, 0.3) is 43.6 Å². The third-order valence-corrected chi connectivity index (χ3v) is 10.9. The number of aromatic nitrogens is 1. The third kappa shape index (κ3) is 3.32. The predicted molar refractivity (Wildman–Crippen MR) is 156 cm³/mol. The first-order chi connectivity index (χ1) is 16.5. The summed E-state index contributed by atoms with van der Waals surface area (Å²) in [5, 5.41) is 9.80. The molecule has 6 rings (SSSR count). The zero-order valence-electron chi connectivity index (χ0n) is 22.1. The van der Waals surface area contributed by atoms with E-state index in [1.54, 1.807) is 0 Å². The molecule has 0 saturated heterocycles. The summed E-state index contributed by atoms with van der Waals surface area (Å²) in [5.74, 6) is 0. The van der Waals surface area contributed by atoms with Crippen molar-refractivity contribution < 1.29 is 4.57 Å². The Morgan fingerprint density at radius 2 is 1.54 bits per heavy atom. The second-order valence-electron chi connectivity index (χ2n) is 12.2. The summed E-state index contributed by atoms with van der Waals surface area (Å²) >= 11 is 1.99. The van der Waals surface area contributed by atoms with E-state index in [4.69, 9.17) is 0 Å². The van der Waals surface area contributed by atoms with Gasteiger partial charge in [0, 0.05) is 21.2 Å². The Bertz CT molecular complexity index is 1700. The van der Waals surface area contributed by atoms with Crippen molar-refractivity contribution in [3.05, 3.63) is 71.9 Å². The fourth-order valence-corrected chi connectivity index (χ4v) is 8.69. The minimum Gasteiger partial charge on any atom is -0.200 e. The standard InChI is InChI=1S/C32H34NSSi/c1-19-22-11-9-10-12-25(22)29(32(2,3)4)31-27(19)30-28-24(15-16-33(30)5)23-14-13-21(35(6,7)8)17-20(23)18-26(28)34-31/h9-18H,1-8H3/q+1. The zero-order chi connectivity index (χ0) is 24.9. The molecule has 1 aliphatic rings. The Labute approximate surface area is 214 Å². The van der Waals surface area contributed by atoms with Gasteiger partial charge >= 0.3 is 0 Å². The number of aryl methyl sites for hydroxylation is 2. The van der Waals surface area contributed by atoms with Crippen LogP contribution in [0.2, 0.25) is 19.6 Å². The lowest BCUT2D eigenvalue weighted by atomic mass is 9.80. The molecule has 2 heterocycles. The first kappa shape index (κ1) is 22.8. The van der Waals surface area contributed by atoms with Crippen molar-refractivity contribution in [1.82, 2.24) is 0 Å². The topological polar surface area (TPSA) is 3.88 Å². The van der Waals surface area contributed by atoms with Crippen molar-refractivity contribution in [3.63, 3.8) is 0 Å². The fourth-order valence-electron chi connectivity index (χ4n) is 5.93. The Morgan fingerprint density at radius 3 is 2.23 bits per heavy atom. The van der Waals surface area contributed by atoms with E-state index in [0.717, 1.165) is 0 Å². The molecule has 0 aliphatic carbocycles. The van der Waals surface area contributed by atoms with E-state index in [0.29, 0.717) is 0 Å². The predicted octanol–water partition coefficient (Wildman–Crippen LogP) is 8.25. The lowest BCUT2D eigenvalue weighted by Gasteiger charge is -2.30. The Hall–Kier alpha value is -2.62. The molecular weight excluding hydrogens is 459 g/mol. The van der Waals surface area contributed by atoms with Gasteiger partial charge in [-0.05, 0) is 51.1 Å². The van der Waals surface area contributed by atoms with Crippen LogP contribution >= 0.6 is 11.8 Å². The number of pyridine rings is 1. The van der Waals surface area contributed by atoms with Crippen molar-refractivity contribution in [2.45, 2.75) is 62.5 Å². The van der Waals surface area contributed by atoms with E-state index in [1.165, 1.54) is 69.7 Å². The van der Waals surface area contributed by atoms with Crippen LogP contribution < -0.4 is 9.75 Å². The molecular formula is C32H34NSSi+. The fraction of sp³-hybridized carbons (Fsp3) is 0.281. The average molecular weight is 493 g/mol. The van der Waals surface area contributed by atoms with E-state index < -0.39 is 8.07 Å². The van der Waals surface area contributed by atoms with Crippen LogP contribution in [-0.4, -0.2) is 8.07 Å². The van der Waals surface area contributed by atoms with Gasteiger partial charge in [-0.1, -0.05) is 99.8 Å². The van der Waals surface area contributed by atoms with Crippen molar-refractivity contribution in [2.75, 3.05) is 0 Å². The average Bonchev–Trinajstić information content (AvgIpc) is 2.78. The Kier molecular flexibility index (Phi) is 4.85. The van der Waals surface area contributed by atoms with Gasteiger partial charge in [-0.3, -0.25) is 0 Å². The highest BCUT2D eigenvalue weighted by Crippen LogP contribution is 2.54. The van der Waals surface area contributed by atoms with Gasteiger partial charge in [-0.25, -0.2) is 4.57 Å². The van der Waals surface area contributed by atoms with E-state index in [-0.39, 0.29) is 5.41 Å². The molecule has 1 aliphatic heterocycles. The van der Waals surface area contributed by atoms with E-state index in [2.05, 4.69) is 120 Å². The molecule has 176 valence electrons. The van der Waals surface area contributed by atoms with Crippen molar-refractivity contribution in [3.8, 4) is 11.3 Å². The van der Waals surface area contributed by atoms with E-state index >= 15 is 0 Å². The molecule has 0 fully saturated rings. The van der Waals surface area contributed by atoms with Gasteiger partial charge in [0.05, 0.1) is 19.0 Å². The lowest BCUT2D eigenvalue weighted by Crippen LogP contribution is -2.37. The molecule has 1 aromatic heterocycles. The maximum Gasteiger partial charge on any atom is 0.222 e.